The molecule has 0 amide bonds. The van der Waals surface area contributed by atoms with Crippen LogP contribution in [0.15, 0.2) is 85.3 Å². The zero-order valence-electron chi connectivity index (χ0n) is 14.0. The third-order valence-electron chi connectivity index (χ3n) is 4.55. The maximum atomic E-state index is 4.39. The van der Waals surface area contributed by atoms with E-state index in [0.29, 0.717) is 0 Å². The molecule has 124 valence electrons. The number of H-pyrrole nitrogens is 1. The first kappa shape index (κ1) is 14.7. The second kappa shape index (κ2) is 6.01. The van der Waals surface area contributed by atoms with Gasteiger partial charge in [0.25, 0.3) is 0 Å². The van der Waals surface area contributed by atoms with E-state index in [-0.39, 0.29) is 0 Å². The van der Waals surface area contributed by atoms with Crippen LogP contribution in [0.2, 0.25) is 0 Å². The molecule has 2 heterocycles. The summed E-state index contributed by atoms with van der Waals surface area (Å²) in [7, 11) is 0. The van der Waals surface area contributed by atoms with E-state index in [9.17, 15) is 0 Å². The molecule has 0 aliphatic heterocycles. The van der Waals surface area contributed by atoms with Crippen LogP contribution in [0, 0.1) is 0 Å². The molecular formula is C22H16N4. The Morgan fingerprint density at radius 1 is 0.731 bits per heavy atom. The normalized spacial score (nSPS) is 11.1. The molecule has 2 N–H and O–H groups in total. The lowest BCUT2D eigenvalue weighted by atomic mass is 10.0. The fourth-order valence-corrected chi connectivity index (χ4v) is 3.32. The summed E-state index contributed by atoms with van der Waals surface area (Å²) in [6.07, 6.45) is 5.49. The van der Waals surface area contributed by atoms with Crippen molar-refractivity contribution >= 4 is 33.3 Å². The number of fused-ring (bicyclic) bond motifs is 2. The summed E-state index contributed by atoms with van der Waals surface area (Å²) in [5.41, 5.74) is 7.29. The maximum absolute atomic E-state index is 4.39. The summed E-state index contributed by atoms with van der Waals surface area (Å²) in [6, 6.07) is 22.7. The van der Waals surface area contributed by atoms with Crippen molar-refractivity contribution in [2.24, 2.45) is 0 Å². The first-order valence-electron chi connectivity index (χ1n) is 8.52. The molecule has 4 heteroatoms. The lowest BCUT2D eigenvalue weighted by Gasteiger charge is -2.12. The van der Waals surface area contributed by atoms with Crippen LogP contribution in [-0.4, -0.2) is 15.0 Å². The van der Waals surface area contributed by atoms with E-state index in [1.54, 1.807) is 12.4 Å². The van der Waals surface area contributed by atoms with Crippen LogP contribution in [0.4, 0.5) is 11.4 Å². The van der Waals surface area contributed by atoms with Gasteiger partial charge >= 0.3 is 0 Å². The summed E-state index contributed by atoms with van der Waals surface area (Å²) in [4.78, 5) is 12.1. The van der Waals surface area contributed by atoms with E-state index in [1.807, 2.05) is 30.3 Å². The number of aromatic amines is 1. The molecule has 26 heavy (non-hydrogen) atoms. The molecule has 0 aliphatic rings. The van der Waals surface area contributed by atoms with Crippen molar-refractivity contribution in [1.29, 1.82) is 0 Å². The van der Waals surface area contributed by atoms with Gasteiger partial charge in [-0.3, -0.25) is 9.97 Å². The van der Waals surface area contributed by atoms with Crippen LogP contribution >= 0.6 is 0 Å². The van der Waals surface area contributed by atoms with Crippen LogP contribution in [0.25, 0.3) is 33.1 Å². The highest BCUT2D eigenvalue weighted by atomic mass is 14.9. The number of nitrogens with one attached hydrogen (secondary N) is 2. The smallest absolute Gasteiger partial charge is 0.0907 e. The molecule has 0 unspecified atom stereocenters. The Hall–Kier alpha value is -3.66. The highest BCUT2D eigenvalue weighted by Crippen LogP contribution is 2.35. The van der Waals surface area contributed by atoms with Crippen LogP contribution in [0.1, 0.15) is 0 Å². The van der Waals surface area contributed by atoms with Crippen molar-refractivity contribution in [2.45, 2.75) is 0 Å². The minimum absolute atomic E-state index is 0.877. The number of para-hydroxylation sites is 2. The molecule has 0 aliphatic carbocycles. The number of rotatable bonds is 3. The highest BCUT2D eigenvalue weighted by molar-refractivity contribution is 5.99. The molecule has 4 nitrogen and oxygen atoms in total. The highest BCUT2D eigenvalue weighted by Gasteiger charge is 2.10. The summed E-state index contributed by atoms with van der Waals surface area (Å²) in [5.74, 6) is 0. The summed E-state index contributed by atoms with van der Waals surface area (Å²) in [6.45, 7) is 0. The van der Waals surface area contributed by atoms with Crippen molar-refractivity contribution in [3.8, 4) is 11.1 Å². The summed E-state index contributed by atoms with van der Waals surface area (Å²) in [5, 5.41) is 4.75. The minimum atomic E-state index is 0.877. The van der Waals surface area contributed by atoms with E-state index in [1.165, 1.54) is 10.9 Å². The SMILES string of the molecule is c1ccc(-c2c[nH]c3ccccc23)c(Nc2ccc3nccnc3c2)c1. The fourth-order valence-electron chi connectivity index (χ4n) is 3.32. The first-order valence-corrected chi connectivity index (χ1v) is 8.52. The molecule has 2 aromatic heterocycles. The number of aromatic nitrogens is 3. The predicted octanol–water partition coefficient (Wildman–Crippen LogP) is 5.52. The average Bonchev–Trinajstić information content (AvgIpc) is 3.12. The Balaban J connectivity index is 1.59. The minimum Gasteiger partial charge on any atom is -0.361 e. The van der Waals surface area contributed by atoms with Gasteiger partial charge in [-0.25, -0.2) is 0 Å². The molecule has 0 saturated carbocycles. The lowest BCUT2D eigenvalue weighted by Crippen LogP contribution is -1.94. The molecule has 0 fully saturated rings. The Morgan fingerprint density at radius 2 is 1.54 bits per heavy atom. The monoisotopic (exact) mass is 336 g/mol. The second-order valence-corrected chi connectivity index (χ2v) is 6.18. The van der Waals surface area contributed by atoms with Gasteiger partial charge in [0, 0.05) is 52.0 Å². The van der Waals surface area contributed by atoms with Crippen molar-refractivity contribution in [3.63, 3.8) is 0 Å². The lowest BCUT2D eigenvalue weighted by molar-refractivity contribution is 1.29. The second-order valence-electron chi connectivity index (χ2n) is 6.18. The van der Waals surface area contributed by atoms with Gasteiger partial charge < -0.3 is 10.3 Å². The van der Waals surface area contributed by atoms with Crippen LogP contribution in [-0.2, 0) is 0 Å². The third kappa shape index (κ3) is 2.48. The number of nitrogens with zero attached hydrogens (tertiary/aromatic N) is 2. The van der Waals surface area contributed by atoms with E-state index in [0.717, 1.165) is 33.5 Å². The van der Waals surface area contributed by atoms with Gasteiger partial charge in [-0.1, -0.05) is 36.4 Å². The molecule has 0 saturated heterocycles. The molecule has 0 bridgehead atoms. The largest absolute Gasteiger partial charge is 0.361 e. The van der Waals surface area contributed by atoms with Gasteiger partial charge in [0.1, 0.15) is 0 Å². The van der Waals surface area contributed by atoms with Gasteiger partial charge in [0.2, 0.25) is 0 Å². The molecule has 0 atom stereocenters. The zero-order valence-corrected chi connectivity index (χ0v) is 14.0. The molecule has 3 aromatic carbocycles. The van der Waals surface area contributed by atoms with Gasteiger partial charge in [-0.15, -0.1) is 0 Å². The molecular weight excluding hydrogens is 320 g/mol. The van der Waals surface area contributed by atoms with Gasteiger partial charge in [-0.2, -0.15) is 0 Å². The average molecular weight is 336 g/mol. The van der Waals surface area contributed by atoms with Crippen LogP contribution in [0.5, 0.6) is 0 Å². The Morgan fingerprint density at radius 3 is 2.50 bits per heavy atom. The van der Waals surface area contributed by atoms with Crippen molar-refractivity contribution in [2.75, 3.05) is 5.32 Å². The zero-order chi connectivity index (χ0) is 17.3. The van der Waals surface area contributed by atoms with Gasteiger partial charge in [0.05, 0.1) is 11.0 Å². The molecule has 5 rings (SSSR count). The molecule has 0 spiro atoms. The predicted molar refractivity (Wildman–Crippen MR) is 107 cm³/mol. The Labute approximate surface area is 150 Å². The number of benzene rings is 3. The molecule has 5 aromatic rings. The standard InChI is InChI=1S/C22H16N4/c1-3-7-19-16(5-1)18(14-25-19)17-6-2-4-8-20(17)26-15-9-10-21-22(13-15)24-12-11-23-21/h1-14,25-26H. The number of hydrogen-bond donors (Lipinski definition) is 2. The van der Waals surface area contributed by atoms with E-state index in [2.05, 4.69) is 62.9 Å². The number of anilines is 2. The van der Waals surface area contributed by atoms with E-state index < -0.39 is 0 Å². The van der Waals surface area contributed by atoms with Crippen molar-refractivity contribution < 1.29 is 0 Å². The fraction of sp³-hybridized carbons (Fsp3) is 0. The first-order chi connectivity index (χ1) is 12.9. The maximum Gasteiger partial charge on any atom is 0.0907 e. The number of hydrogen-bond acceptors (Lipinski definition) is 3. The van der Waals surface area contributed by atoms with E-state index in [4.69, 9.17) is 0 Å². The van der Waals surface area contributed by atoms with Crippen molar-refractivity contribution in [3.05, 3.63) is 85.3 Å². The Kier molecular flexibility index (Phi) is 3.39. The van der Waals surface area contributed by atoms with Crippen LogP contribution in [0.3, 0.4) is 0 Å². The van der Waals surface area contributed by atoms with Gasteiger partial charge in [0.15, 0.2) is 0 Å². The Bertz CT molecular complexity index is 1220. The molecule has 0 radical (unpaired) electrons. The summed E-state index contributed by atoms with van der Waals surface area (Å²) < 4.78 is 0. The summed E-state index contributed by atoms with van der Waals surface area (Å²) >= 11 is 0. The van der Waals surface area contributed by atoms with Crippen LogP contribution < -0.4 is 5.32 Å². The topological polar surface area (TPSA) is 53.6 Å². The van der Waals surface area contributed by atoms with E-state index >= 15 is 0 Å². The quantitative estimate of drug-likeness (QED) is 0.456. The van der Waals surface area contributed by atoms with Gasteiger partial charge in [-0.05, 0) is 30.3 Å². The third-order valence-corrected chi connectivity index (χ3v) is 4.55. The van der Waals surface area contributed by atoms with Crippen molar-refractivity contribution in [1.82, 2.24) is 15.0 Å².